The zero-order chi connectivity index (χ0) is 15.9. The van der Waals surface area contributed by atoms with E-state index in [9.17, 15) is 0 Å². The van der Waals surface area contributed by atoms with Gasteiger partial charge >= 0.3 is 0 Å². The zero-order valence-corrected chi connectivity index (χ0v) is 13.6. The Balaban J connectivity index is 2.14. The molecule has 5 heteroatoms. The molecule has 0 atom stereocenters. The fraction of sp³-hybridized carbons (Fsp3) is 0.412. The molecule has 1 aromatic carbocycles. The second-order valence-corrected chi connectivity index (χ2v) is 6.31. The summed E-state index contributed by atoms with van der Waals surface area (Å²) < 4.78 is 17.3. The number of fused-ring (bicyclic) bond motifs is 1. The lowest BCUT2D eigenvalue weighted by molar-refractivity contribution is 0.120. The van der Waals surface area contributed by atoms with E-state index >= 15 is 0 Å². The Hall–Kier alpha value is -2.30. The SMILES string of the molecule is Cc1ncnc(C)c1-c1ccc(OC(C)(C)C)c2c1OCO2. The third-order valence-electron chi connectivity index (χ3n) is 3.39. The Morgan fingerprint density at radius 2 is 1.64 bits per heavy atom. The maximum absolute atomic E-state index is 5.96. The van der Waals surface area contributed by atoms with E-state index in [2.05, 4.69) is 9.97 Å². The second kappa shape index (κ2) is 5.16. The molecule has 0 spiro atoms. The van der Waals surface area contributed by atoms with Gasteiger partial charge in [-0.2, -0.15) is 0 Å². The number of aryl methyl sites for hydroxylation is 2. The average molecular weight is 300 g/mol. The van der Waals surface area contributed by atoms with Crippen LogP contribution in [0, 0.1) is 13.8 Å². The van der Waals surface area contributed by atoms with Crippen LogP contribution in [0.2, 0.25) is 0 Å². The van der Waals surface area contributed by atoms with Crippen LogP contribution in [-0.2, 0) is 0 Å². The van der Waals surface area contributed by atoms with Crippen LogP contribution in [0.3, 0.4) is 0 Å². The molecule has 0 fully saturated rings. The molecule has 116 valence electrons. The van der Waals surface area contributed by atoms with Crippen LogP contribution in [-0.4, -0.2) is 22.4 Å². The maximum atomic E-state index is 5.96. The smallest absolute Gasteiger partial charge is 0.231 e. The van der Waals surface area contributed by atoms with Gasteiger partial charge < -0.3 is 14.2 Å². The van der Waals surface area contributed by atoms with Crippen molar-refractivity contribution < 1.29 is 14.2 Å². The molecule has 22 heavy (non-hydrogen) atoms. The first kappa shape index (κ1) is 14.6. The molecule has 2 heterocycles. The number of ether oxygens (including phenoxy) is 3. The molecule has 0 N–H and O–H groups in total. The van der Waals surface area contributed by atoms with Crippen molar-refractivity contribution in [1.29, 1.82) is 0 Å². The van der Waals surface area contributed by atoms with E-state index in [1.807, 2.05) is 46.8 Å². The number of rotatable bonds is 2. The van der Waals surface area contributed by atoms with Crippen LogP contribution >= 0.6 is 0 Å². The molecule has 0 aliphatic carbocycles. The van der Waals surface area contributed by atoms with Crippen molar-refractivity contribution in [2.24, 2.45) is 0 Å². The van der Waals surface area contributed by atoms with E-state index in [1.165, 1.54) is 0 Å². The molecule has 0 saturated heterocycles. The summed E-state index contributed by atoms with van der Waals surface area (Å²) >= 11 is 0. The first-order valence-corrected chi connectivity index (χ1v) is 7.27. The van der Waals surface area contributed by atoms with Gasteiger partial charge in [-0.25, -0.2) is 9.97 Å². The molecular weight excluding hydrogens is 280 g/mol. The maximum Gasteiger partial charge on any atom is 0.231 e. The van der Waals surface area contributed by atoms with Gasteiger partial charge in [0.05, 0.1) is 0 Å². The van der Waals surface area contributed by atoms with Crippen LogP contribution < -0.4 is 14.2 Å². The highest BCUT2D eigenvalue weighted by Gasteiger charge is 2.27. The first-order valence-electron chi connectivity index (χ1n) is 7.27. The topological polar surface area (TPSA) is 53.5 Å². The summed E-state index contributed by atoms with van der Waals surface area (Å²) in [5.74, 6) is 2.04. The third kappa shape index (κ3) is 2.58. The highest BCUT2D eigenvalue weighted by Crippen LogP contribution is 2.48. The molecule has 0 radical (unpaired) electrons. The molecule has 0 saturated carbocycles. The monoisotopic (exact) mass is 300 g/mol. The highest BCUT2D eigenvalue weighted by molar-refractivity contribution is 5.79. The molecular formula is C17H20N2O3. The van der Waals surface area contributed by atoms with Crippen molar-refractivity contribution in [3.63, 3.8) is 0 Å². The van der Waals surface area contributed by atoms with Crippen molar-refractivity contribution in [3.05, 3.63) is 29.8 Å². The quantitative estimate of drug-likeness (QED) is 0.847. The van der Waals surface area contributed by atoms with Crippen molar-refractivity contribution in [2.75, 3.05) is 6.79 Å². The van der Waals surface area contributed by atoms with Gasteiger partial charge in [-0.1, -0.05) is 0 Å². The van der Waals surface area contributed by atoms with Gasteiger partial charge in [0, 0.05) is 22.5 Å². The lowest BCUT2D eigenvalue weighted by Crippen LogP contribution is -2.23. The Labute approximate surface area is 130 Å². The van der Waals surface area contributed by atoms with Crippen LogP contribution in [0.15, 0.2) is 18.5 Å². The van der Waals surface area contributed by atoms with Crippen LogP contribution in [0.4, 0.5) is 0 Å². The fourth-order valence-corrected chi connectivity index (χ4v) is 2.56. The van der Waals surface area contributed by atoms with E-state index in [1.54, 1.807) is 6.33 Å². The summed E-state index contributed by atoms with van der Waals surface area (Å²) in [6.07, 6.45) is 1.57. The number of hydrogen-bond acceptors (Lipinski definition) is 5. The van der Waals surface area contributed by atoms with Crippen molar-refractivity contribution >= 4 is 0 Å². The van der Waals surface area contributed by atoms with E-state index in [0.717, 1.165) is 22.5 Å². The Bertz CT molecular complexity index is 700. The normalized spacial score (nSPS) is 13.3. The Morgan fingerprint density at radius 3 is 2.27 bits per heavy atom. The summed E-state index contributed by atoms with van der Waals surface area (Å²) in [5.41, 5.74) is 3.43. The predicted molar refractivity (Wildman–Crippen MR) is 83.4 cm³/mol. The second-order valence-electron chi connectivity index (χ2n) is 6.31. The van der Waals surface area contributed by atoms with Crippen LogP contribution in [0.25, 0.3) is 11.1 Å². The van der Waals surface area contributed by atoms with Crippen LogP contribution in [0.1, 0.15) is 32.2 Å². The zero-order valence-electron chi connectivity index (χ0n) is 13.6. The standard InChI is InChI=1S/C17H20N2O3/c1-10-14(11(2)19-8-18-10)12-6-7-13(22-17(3,4)5)16-15(12)20-9-21-16/h6-8H,9H2,1-5H3. The molecule has 0 amide bonds. The van der Waals surface area contributed by atoms with Gasteiger partial charge in [-0.3, -0.25) is 0 Å². The van der Waals surface area contributed by atoms with E-state index in [-0.39, 0.29) is 12.4 Å². The number of hydrogen-bond donors (Lipinski definition) is 0. The minimum absolute atomic E-state index is 0.193. The largest absolute Gasteiger partial charge is 0.484 e. The third-order valence-corrected chi connectivity index (χ3v) is 3.39. The van der Waals surface area contributed by atoms with Gasteiger partial charge in [-0.05, 0) is 46.8 Å². The molecule has 1 aliphatic rings. The molecule has 0 unspecified atom stereocenters. The molecule has 3 rings (SSSR count). The molecule has 2 aromatic rings. The van der Waals surface area contributed by atoms with Crippen LogP contribution in [0.5, 0.6) is 17.2 Å². The number of aromatic nitrogens is 2. The number of nitrogens with zero attached hydrogens (tertiary/aromatic N) is 2. The summed E-state index contributed by atoms with van der Waals surface area (Å²) in [7, 11) is 0. The lowest BCUT2D eigenvalue weighted by Gasteiger charge is -2.22. The average Bonchev–Trinajstić information content (AvgIpc) is 2.89. The Morgan fingerprint density at radius 1 is 1.00 bits per heavy atom. The summed E-state index contributed by atoms with van der Waals surface area (Å²) in [4.78, 5) is 8.57. The van der Waals surface area contributed by atoms with Gasteiger partial charge in [0.25, 0.3) is 0 Å². The Kier molecular flexibility index (Phi) is 3.43. The van der Waals surface area contributed by atoms with Gasteiger partial charge in [-0.15, -0.1) is 0 Å². The van der Waals surface area contributed by atoms with E-state index in [0.29, 0.717) is 17.2 Å². The first-order chi connectivity index (χ1) is 10.4. The van der Waals surface area contributed by atoms with E-state index < -0.39 is 0 Å². The highest BCUT2D eigenvalue weighted by atomic mass is 16.7. The van der Waals surface area contributed by atoms with Crippen molar-refractivity contribution in [1.82, 2.24) is 9.97 Å². The lowest BCUT2D eigenvalue weighted by atomic mass is 10.0. The molecule has 5 nitrogen and oxygen atoms in total. The van der Waals surface area contributed by atoms with Gasteiger partial charge in [0.2, 0.25) is 12.5 Å². The minimum atomic E-state index is -0.303. The fourth-order valence-electron chi connectivity index (χ4n) is 2.56. The van der Waals surface area contributed by atoms with Gasteiger partial charge in [0.1, 0.15) is 11.9 Å². The minimum Gasteiger partial charge on any atom is -0.484 e. The molecule has 1 aliphatic heterocycles. The van der Waals surface area contributed by atoms with Crippen molar-refractivity contribution in [3.8, 4) is 28.4 Å². The summed E-state index contributed by atoms with van der Waals surface area (Å²) in [6, 6.07) is 3.90. The molecule has 0 bridgehead atoms. The van der Waals surface area contributed by atoms with Gasteiger partial charge in [0.15, 0.2) is 11.5 Å². The summed E-state index contributed by atoms with van der Waals surface area (Å²) in [6.45, 7) is 10.1. The molecule has 1 aromatic heterocycles. The van der Waals surface area contributed by atoms with E-state index in [4.69, 9.17) is 14.2 Å². The number of benzene rings is 1. The summed E-state index contributed by atoms with van der Waals surface area (Å²) in [5, 5.41) is 0. The predicted octanol–water partition coefficient (Wildman–Crippen LogP) is 3.67. The van der Waals surface area contributed by atoms with Crippen molar-refractivity contribution in [2.45, 2.75) is 40.2 Å².